The van der Waals surface area contributed by atoms with Crippen molar-refractivity contribution in [1.29, 1.82) is 0 Å². The monoisotopic (exact) mass is 695 g/mol. The number of hydrogen-bond donors (Lipinski definition) is 1. The van der Waals surface area contributed by atoms with Crippen molar-refractivity contribution in [2.75, 3.05) is 38.3 Å². The molecular formula is C37H46ClN3O6S. The van der Waals surface area contributed by atoms with Gasteiger partial charge in [0.05, 0.1) is 29.9 Å². The van der Waals surface area contributed by atoms with Crippen molar-refractivity contribution in [3.63, 3.8) is 0 Å². The first-order chi connectivity index (χ1) is 23.0. The lowest BCUT2D eigenvalue weighted by Crippen LogP contribution is -2.49. The van der Waals surface area contributed by atoms with Crippen molar-refractivity contribution in [1.82, 2.24) is 4.72 Å². The maximum absolute atomic E-state index is 14.9. The van der Waals surface area contributed by atoms with E-state index in [9.17, 15) is 13.8 Å². The topological polar surface area (TPSA) is 107 Å². The van der Waals surface area contributed by atoms with Gasteiger partial charge in [0.25, 0.3) is 5.91 Å². The Morgan fingerprint density at radius 1 is 1.17 bits per heavy atom. The van der Waals surface area contributed by atoms with Crippen LogP contribution in [0.3, 0.4) is 0 Å². The number of carbonyl (C=O) groups excluding carboxylic acids is 2. The van der Waals surface area contributed by atoms with E-state index < -0.39 is 21.4 Å². The molecule has 3 aliphatic carbocycles. The molecule has 5 atom stereocenters. The van der Waals surface area contributed by atoms with Crippen LogP contribution in [0.2, 0.25) is 5.02 Å². The first kappa shape index (κ1) is 33.6. The summed E-state index contributed by atoms with van der Waals surface area (Å²) in [5, 5.41) is 0.736. The van der Waals surface area contributed by atoms with E-state index in [-0.39, 0.29) is 41.3 Å². The van der Waals surface area contributed by atoms with Gasteiger partial charge in [-0.1, -0.05) is 29.8 Å². The third-order valence-corrected chi connectivity index (χ3v) is 13.0. The van der Waals surface area contributed by atoms with Gasteiger partial charge in [-0.2, -0.15) is 0 Å². The number of amides is 2. The van der Waals surface area contributed by atoms with Crippen LogP contribution in [0.4, 0.5) is 5.69 Å². The molecule has 258 valence electrons. The van der Waals surface area contributed by atoms with Gasteiger partial charge >= 0.3 is 0 Å². The third-order valence-electron chi connectivity index (χ3n) is 11.0. The van der Waals surface area contributed by atoms with Crippen LogP contribution in [0, 0.1) is 17.8 Å². The molecule has 2 amide bonds. The molecule has 9 nitrogen and oxygen atoms in total. The first-order valence-electron chi connectivity index (χ1n) is 17.2. The minimum Gasteiger partial charge on any atom is -0.490 e. The van der Waals surface area contributed by atoms with Crippen molar-refractivity contribution in [2.45, 2.75) is 87.2 Å². The molecule has 5 aliphatic rings. The lowest BCUT2D eigenvalue weighted by Gasteiger charge is -2.46. The molecule has 2 heterocycles. The second kappa shape index (κ2) is 13.1. The molecule has 2 aromatic carbocycles. The molecule has 1 unspecified atom stereocenters. The Morgan fingerprint density at radius 3 is 2.75 bits per heavy atom. The van der Waals surface area contributed by atoms with Crippen molar-refractivity contribution >= 4 is 39.0 Å². The average Bonchev–Trinajstić information content (AvgIpc) is 3.87. The number of halogens is 1. The predicted molar refractivity (Wildman–Crippen MR) is 186 cm³/mol. The van der Waals surface area contributed by atoms with Crippen LogP contribution in [0.15, 0.2) is 57.8 Å². The van der Waals surface area contributed by atoms with Crippen LogP contribution in [-0.4, -0.2) is 61.1 Å². The Balaban J connectivity index is 1.35. The highest BCUT2D eigenvalue weighted by molar-refractivity contribution is 7.92. The summed E-state index contributed by atoms with van der Waals surface area (Å²) in [4.78, 5) is 29.5. The van der Waals surface area contributed by atoms with Crippen LogP contribution in [0.25, 0.3) is 0 Å². The van der Waals surface area contributed by atoms with Crippen molar-refractivity contribution < 1.29 is 28.0 Å². The van der Waals surface area contributed by atoms with Crippen LogP contribution < -0.4 is 14.4 Å². The quantitative estimate of drug-likeness (QED) is 0.369. The van der Waals surface area contributed by atoms with Crippen molar-refractivity contribution in [2.24, 2.45) is 22.1 Å². The number of anilines is 1. The summed E-state index contributed by atoms with van der Waals surface area (Å²) in [5.41, 5.74) is 1.65. The van der Waals surface area contributed by atoms with E-state index in [0.717, 1.165) is 62.2 Å². The third kappa shape index (κ3) is 6.65. The minimum atomic E-state index is -3.72. The zero-order chi connectivity index (χ0) is 33.7. The second-order valence-electron chi connectivity index (χ2n) is 14.8. The Labute approximate surface area is 289 Å². The molecule has 2 aromatic rings. The number of carbonyl (C=O) groups is 2. The Kier molecular flexibility index (Phi) is 9.15. The van der Waals surface area contributed by atoms with Gasteiger partial charge in [0.2, 0.25) is 5.91 Å². The molecule has 0 aromatic heterocycles. The summed E-state index contributed by atoms with van der Waals surface area (Å²) in [6.07, 6.45) is 11.1. The highest BCUT2D eigenvalue weighted by Gasteiger charge is 2.45. The van der Waals surface area contributed by atoms with Gasteiger partial charge < -0.3 is 19.1 Å². The van der Waals surface area contributed by atoms with E-state index >= 15 is 0 Å². The van der Waals surface area contributed by atoms with Crippen LogP contribution in [-0.2, 0) is 40.8 Å². The second-order valence-corrected chi connectivity index (χ2v) is 17.1. The van der Waals surface area contributed by atoms with E-state index in [0.29, 0.717) is 30.7 Å². The number of aryl methyl sites for hydroxylation is 1. The molecule has 2 aliphatic heterocycles. The van der Waals surface area contributed by atoms with Gasteiger partial charge in [-0.25, -0.2) is 4.21 Å². The average molecular weight is 696 g/mol. The van der Waals surface area contributed by atoms with E-state index in [4.69, 9.17) is 25.8 Å². The number of rotatable bonds is 4. The largest absolute Gasteiger partial charge is 0.490 e. The van der Waals surface area contributed by atoms with Gasteiger partial charge in [0.15, 0.2) is 9.92 Å². The lowest BCUT2D eigenvalue weighted by molar-refractivity contribution is -0.137. The van der Waals surface area contributed by atoms with Gasteiger partial charge in [0.1, 0.15) is 11.4 Å². The van der Waals surface area contributed by atoms with E-state index in [2.05, 4.69) is 26.1 Å². The number of ether oxygens (including phenoxy) is 3. The van der Waals surface area contributed by atoms with Crippen molar-refractivity contribution in [3.8, 4) is 5.75 Å². The van der Waals surface area contributed by atoms with Gasteiger partial charge in [-0.05, 0) is 118 Å². The lowest BCUT2D eigenvalue weighted by atomic mass is 9.68. The summed E-state index contributed by atoms with van der Waals surface area (Å²) in [5.74, 6) is 0.516. The summed E-state index contributed by atoms with van der Waals surface area (Å²) in [7, 11) is -1.98. The van der Waals surface area contributed by atoms with Gasteiger partial charge in [-0.3, -0.25) is 14.3 Å². The van der Waals surface area contributed by atoms with Crippen LogP contribution >= 0.6 is 11.6 Å². The first-order valence-corrected chi connectivity index (χ1v) is 19.1. The molecule has 7 rings (SSSR count). The number of methoxy groups -OCH3 is 1. The highest BCUT2D eigenvalue weighted by Crippen LogP contribution is 2.47. The fourth-order valence-electron chi connectivity index (χ4n) is 7.85. The molecule has 1 spiro atoms. The molecule has 1 N–H and O–H groups in total. The molecule has 0 radical (unpaired) electrons. The summed E-state index contributed by atoms with van der Waals surface area (Å²) < 4.78 is 40.4. The predicted octanol–water partition coefficient (Wildman–Crippen LogP) is 6.40. The van der Waals surface area contributed by atoms with Crippen LogP contribution in [0.1, 0.15) is 69.9 Å². The fraction of sp³-hybridized carbons (Fsp3) is 0.568. The molecule has 11 heteroatoms. The molecule has 0 saturated heterocycles. The Bertz CT molecular complexity index is 1750. The van der Waals surface area contributed by atoms with Crippen LogP contribution in [0.5, 0.6) is 5.75 Å². The molecule has 2 fully saturated rings. The van der Waals surface area contributed by atoms with Crippen molar-refractivity contribution in [3.05, 3.63) is 64.7 Å². The number of benzene rings is 2. The maximum Gasteiger partial charge on any atom is 0.287 e. The maximum atomic E-state index is 14.9. The van der Waals surface area contributed by atoms with E-state index in [1.807, 2.05) is 30.4 Å². The molecule has 48 heavy (non-hydrogen) atoms. The summed E-state index contributed by atoms with van der Waals surface area (Å²) >= 11 is 6.46. The number of fused-ring (bicyclic) bond motifs is 4. The van der Waals surface area contributed by atoms with E-state index in [1.165, 1.54) is 11.1 Å². The molecular weight excluding hydrogens is 650 g/mol. The standard InChI is InChI=1S/C37H46ClN3O6S/c1-36(2)35(43)40-48(44,39-34(42)18-24-8-9-24)28-12-15-33-31(20-28)41(21-26-10-13-29(26)32(45-3)7-5-17-47-36)22-37(23-46-33)16-4-6-25-19-27(38)11-14-30(25)37/h5,7,11-12,14-15,19-20,24,26,29,32H,4,6,8-10,13,16-18,21-23H2,1-3H3,(H,39,40,42,43,44)/b7-5-/t26-,29+,32-,37-,48?/m0/s1. The van der Waals surface area contributed by atoms with E-state index in [1.54, 1.807) is 27.0 Å². The fourth-order valence-corrected chi connectivity index (χ4v) is 9.68. The summed E-state index contributed by atoms with van der Waals surface area (Å²) in [6.45, 7) is 5.31. The number of nitrogens with zero attached hydrogens (tertiary/aromatic N) is 2. The Morgan fingerprint density at radius 2 is 2.00 bits per heavy atom. The Hall–Kier alpha value is -2.92. The number of hydrogen-bond acceptors (Lipinski definition) is 7. The normalized spacial score (nSPS) is 32.0. The van der Waals surface area contributed by atoms with Gasteiger partial charge in [0, 0.05) is 37.1 Å². The zero-order valence-electron chi connectivity index (χ0n) is 28.0. The highest BCUT2D eigenvalue weighted by atomic mass is 35.5. The molecule has 2 saturated carbocycles. The summed E-state index contributed by atoms with van der Waals surface area (Å²) in [6, 6.07) is 11.5. The molecule has 2 bridgehead atoms. The zero-order valence-corrected chi connectivity index (χ0v) is 29.6. The SMILES string of the molecule is CO[C@H]1/C=C\COC(C)(C)C(=O)N=S(=O)(NC(=O)CC2CC2)c2ccc3c(c2)N(C[C@@H]2CC[C@H]21)C[C@@]1(CCCc2cc(Cl)ccc21)CO3. The van der Waals surface area contributed by atoms with Gasteiger partial charge in [-0.15, -0.1) is 4.36 Å². The minimum absolute atomic E-state index is 0.0929. The smallest absolute Gasteiger partial charge is 0.287 e. The number of nitrogens with one attached hydrogen (secondary N) is 1.